The number of esters is 1. The number of carbonyl (C=O) groups excluding carboxylic acids is 3. The van der Waals surface area contributed by atoms with Crippen LogP contribution >= 0.6 is 0 Å². The molecule has 1 aliphatic heterocycles. The highest BCUT2D eigenvalue weighted by atomic mass is 16.5. The van der Waals surface area contributed by atoms with Crippen LogP contribution in [0, 0.1) is 11.8 Å². The molecule has 1 fully saturated rings. The first-order valence-electron chi connectivity index (χ1n) is 8.67. The lowest BCUT2D eigenvalue weighted by Gasteiger charge is -2.31. The first kappa shape index (κ1) is 19.0. The van der Waals surface area contributed by atoms with Crippen LogP contribution in [0.4, 0.5) is 5.69 Å². The Kier molecular flexibility index (Phi) is 6.56. The number of ether oxygens (including phenoxy) is 1. The maximum Gasteiger partial charge on any atom is 0.337 e. The van der Waals surface area contributed by atoms with E-state index >= 15 is 0 Å². The summed E-state index contributed by atoms with van der Waals surface area (Å²) in [7, 11) is 1.32. The maximum absolute atomic E-state index is 12.4. The van der Waals surface area contributed by atoms with Gasteiger partial charge in [0.05, 0.1) is 12.7 Å². The number of hydrogen-bond donors (Lipinski definition) is 1. The molecule has 1 aromatic rings. The molecule has 1 N–H and O–H groups in total. The van der Waals surface area contributed by atoms with Crippen LogP contribution < -0.4 is 5.32 Å². The minimum Gasteiger partial charge on any atom is -0.465 e. The summed E-state index contributed by atoms with van der Waals surface area (Å²) in [5, 5.41) is 2.86. The van der Waals surface area contributed by atoms with Gasteiger partial charge in [-0.15, -0.1) is 0 Å². The molecule has 2 amide bonds. The van der Waals surface area contributed by atoms with Crippen LogP contribution in [0.1, 0.15) is 43.5 Å². The quantitative estimate of drug-likeness (QED) is 0.832. The number of amides is 2. The largest absolute Gasteiger partial charge is 0.465 e. The van der Waals surface area contributed by atoms with E-state index in [4.69, 9.17) is 0 Å². The molecular weight excluding hydrogens is 320 g/mol. The Labute approximate surface area is 148 Å². The zero-order chi connectivity index (χ0) is 18.4. The van der Waals surface area contributed by atoms with Crippen molar-refractivity contribution in [2.75, 3.05) is 25.5 Å². The molecule has 0 radical (unpaired) electrons. The van der Waals surface area contributed by atoms with Gasteiger partial charge in [0, 0.05) is 31.1 Å². The van der Waals surface area contributed by atoms with Crippen LogP contribution in [0.3, 0.4) is 0 Å². The smallest absolute Gasteiger partial charge is 0.337 e. The Morgan fingerprint density at radius 1 is 1.24 bits per heavy atom. The van der Waals surface area contributed by atoms with Crippen LogP contribution in [0.15, 0.2) is 24.3 Å². The minimum absolute atomic E-state index is 0.0713. The molecule has 0 saturated carbocycles. The molecule has 1 aromatic carbocycles. The summed E-state index contributed by atoms with van der Waals surface area (Å²) in [6.07, 6.45) is 1.87. The van der Waals surface area contributed by atoms with Gasteiger partial charge in [-0.2, -0.15) is 0 Å². The average Bonchev–Trinajstić information content (AvgIpc) is 2.60. The maximum atomic E-state index is 12.4. The lowest BCUT2D eigenvalue weighted by Crippen LogP contribution is -2.41. The van der Waals surface area contributed by atoms with E-state index in [0.717, 1.165) is 0 Å². The van der Waals surface area contributed by atoms with Gasteiger partial charge in [-0.05, 0) is 37.0 Å². The molecule has 1 saturated heterocycles. The third kappa shape index (κ3) is 5.31. The molecule has 1 aliphatic rings. The summed E-state index contributed by atoms with van der Waals surface area (Å²) in [5.74, 6) is -0.119. The molecule has 0 atom stereocenters. The van der Waals surface area contributed by atoms with Crippen LogP contribution in [-0.4, -0.2) is 42.9 Å². The van der Waals surface area contributed by atoms with E-state index in [1.54, 1.807) is 24.3 Å². The standard InChI is InChI=1S/C19H26N2O4/c1-13(2)11-17(22)21-9-7-14(8-10-21)18(23)20-16-6-4-5-15(12-16)19(24)25-3/h4-6,12-14H,7-11H2,1-3H3,(H,20,23). The van der Waals surface area contributed by atoms with E-state index in [-0.39, 0.29) is 17.7 Å². The third-order valence-corrected chi connectivity index (χ3v) is 4.35. The lowest BCUT2D eigenvalue weighted by atomic mass is 9.95. The molecule has 1 heterocycles. The highest BCUT2D eigenvalue weighted by Crippen LogP contribution is 2.21. The van der Waals surface area contributed by atoms with Crippen molar-refractivity contribution in [2.24, 2.45) is 11.8 Å². The van der Waals surface area contributed by atoms with Crippen molar-refractivity contribution in [3.63, 3.8) is 0 Å². The second-order valence-electron chi connectivity index (χ2n) is 6.81. The van der Waals surface area contributed by atoms with Crippen molar-refractivity contribution < 1.29 is 19.1 Å². The molecular formula is C19H26N2O4. The Morgan fingerprint density at radius 3 is 2.52 bits per heavy atom. The van der Waals surface area contributed by atoms with Crippen molar-refractivity contribution in [1.29, 1.82) is 0 Å². The van der Waals surface area contributed by atoms with Gasteiger partial charge in [0.1, 0.15) is 0 Å². The van der Waals surface area contributed by atoms with Crippen LogP contribution in [-0.2, 0) is 14.3 Å². The number of benzene rings is 1. The molecule has 6 heteroatoms. The molecule has 136 valence electrons. The second kappa shape index (κ2) is 8.65. The van der Waals surface area contributed by atoms with Crippen molar-refractivity contribution in [2.45, 2.75) is 33.1 Å². The first-order chi connectivity index (χ1) is 11.9. The fraction of sp³-hybridized carbons (Fsp3) is 0.526. The van der Waals surface area contributed by atoms with E-state index < -0.39 is 5.97 Å². The normalized spacial score (nSPS) is 15.1. The van der Waals surface area contributed by atoms with Gasteiger partial charge in [-0.25, -0.2) is 4.79 Å². The van der Waals surface area contributed by atoms with Crippen molar-refractivity contribution >= 4 is 23.5 Å². The predicted octanol–water partition coefficient (Wildman–Crippen LogP) is 2.70. The Morgan fingerprint density at radius 2 is 1.92 bits per heavy atom. The SMILES string of the molecule is COC(=O)c1cccc(NC(=O)C2CCN(C(=O)CC(C)C)CC2)c1. The summed E-state index contributed by atoms with van der Waals surface area (Å²) in [4.78, 5) is 37.9. The van der Waals surface area contributed by atoms with Gasteiger partial charge in [0.15, 0.2) is 0 Å². The van der Waals surface area contributed by atoms with Gasteiger partial charge >= 0.3 is 5.97 Å². The third-order valence-electron chi connectivity index (χ3n) is 4.35. The van der Waals surface area contributed by atoms with E-state index in [9.17, 15) is 14.4 Å². The molecule has 6 nitrogen and oxygen atoms in total. The van der Waals surface area contributed by atoms with E-state index in [0.29, 0.717) is 49.5 Å². The first-order valence-corrected chi connectivity index (χ1v) is 8.67. The molecule has 0 aromatic heterocycles. The van der Waals surface area contributed by atoms with E-state index in [1.165, 1.54) is 7.11 Å². The highest BCUT2D eigenvalue weighted by Gasteiger charge is 2.27. The zero-order valence-electron chi connectivity index (χ0n) is 15.1. The number of methoxy groups -OCH3 is 1. The number of nitrogens with zero attached hydrogens (tertiary/aromatic N) is 1. The van der Waals surface area contributed by atoms with Gasteiger partial charge in [0.2, 0.25) is 11.8 Å². The average molecular weight is 346 g/mol. The lowest BCUT2D eigenvalue weighted by molar-refractivity contribution is -0.135. The monoisotopic (exact) mass is 346 g/mol. The van der Waals surface area contributed by atoms with Crippen molar-refractivity contribution in [3.05, 3.63) is 29.8 Å². The number of nitrogens with one attached hydrogen (secondary N) is 1. The van der Waals surface area contributed by atoms with Crippen LogP contribution in [0.25, 0.3) is 0 Å². The molecule has 25 heavy (non-hydrogen) atoms. The van der Waals surface area contributed by atoms with Crippen molar-refractivity contribution in [1.82, 2.24) is 4.90 Å². The number of anilines is 1. The second-order valence-corrected chi connectivity index (χ2v) is 6.81. The predicted molar refractivity (Wildman–Crippen MR) is 95.2 cm³/mol. The number of hydrogen-bond acceptors (Lipinski definition) is 4. The van der Waals surface area contributed by atoms with Gasteiger partial charge in [-0.3, -0.25) is 9.59 Å². The number of piperidine rings is 1. The van der Waals surface area contributed by atoms with Crippen molar-refractivity contribution in [3.8, 4) is 0 Å². The summed E-state index contributed by atoms with van der Waals surface area (Å²) < 4.78 is 4.69. The van der Waals surface area contributed by atoms with Crippen LogP contribution in [0.5, 0.6) is 0 Å². The topological polar surface area (TPSA) is 75.7 Å². The van der Waals surface area contributed by atoms with E-state index in [1.807, 2.05) is 18.7 Å². The Hall–Kier alpha value is -2.37. The summed E-state index contributed by atoms with van der Waals surface area (Å²) in [6, 6.07) is 6.69. The number of likely N-dealkylation sites (tertiary alicyclic amines) is 1. The fourth-order valence-electron chi connectivity index (χ4n) is 2.96. The van der Waals surface area contributed by atoms with Gasteiger partial charge < -0.3 is 15.0 Å². The molecule has 0 aliphatic carbocycles. The number of rotatable bonds is 5. The molecule has 0 spiro atoms. The number of carbonyl (C=O) groups is 3. The summed E-state index contributed by atoms with van der Waals surface area (Å²) in [5.41, 5.74) is 0.973. The molecule has 0 unspecified atom stereocenters. The van der Waals surface area contributed by atoms with Gasteiger partial charge in [0.25, 0.3) is 0 Å². The molecule has 2 rings (SSSR count). The van der Waals surface area contributed by atoms with E-state index in [2.05, 4.69) is 10.1 Å². The Balaban J connectivity index is 1.89. The summed E-state index contributed by atoms with van der Waals surface area (Å²) >= 11 is 0. The fourth-order valence-corrected chi connectivity index (χ4v) is 2.96. The highest BCUT2D eigenvalue weighted by molar-refractivity contribution is 5.95. The minimum atomic E-state index is -0.437. The zero-order valence-corrected chi connectivity index (χ0v) is 15.1. The summed E-state index contributed by atoms with van der Waals surface area (Å²) in [6.45, 7) is 5.29. The molecule has 0 bridgehead atoms. The Bertz CT molecular complexity index is 634. The van der Waals surface area contributed by atoms with Gasteiger partial charge in [-0.1, -0.05) is 19.9 Å². The van der Waals surface area contributed by atoms with Crippen LogP contribution in [0.2, 0.25) is 0 Å².